The van der Waals surface area contributed by atoms with Crippen LogP contribution in [0.3, 0.4) is 0 Å². The number of aromatic nitrogens is 1. The van der Waals surface area contributed by atoms with Gasteiger partial charge >= 0.3 is 0 Å². The number of likely N-dealkylation sites (tertiary alicyclic amines) is 1. The number of hydrogen-bond donors (Lipinski definition) is 2. The number of aromatic amines is 1. The van der Waals surface area contributed by atoms with Gasteiger partial charge in [-0.25, -0.2) is 0 Å². The standard InChI is InChI=1S/C15H23N5O3S/c1-18(2)24(22,23)20-8-13-7-19(9-15(13,10-20)11-21)6-12-3-14(4-16)17-5-12/h3,5,13,17,21H,6-11H2,1-2H3/t13-,15+/m0/s1. The zero-order valence-corrected chi connectivity index (χ0v) is 14.8. The summed E-state index contributed by atoms with van der Waals surface area (Å²) in [6, 6.07) is 3.89. The van der Waals surface area contributed by atoms with Crippen molar-refractivity contribution in [2.24, 2.45) is 11.3 Å². The number of fused-ring (bicyclic) bond motifs is 1. The molecule has 132 valence electrons. The maximum absolute atomic E-state index is 12.4. The molecule has 0 amide bonds. The van der Waals surface area contributed by atoms with Crippen LogP contribution in [0.4, 0.5) is 0 Å². The minimum atomic E-state index is -3.45. The number of aliphatic hydroxyl groups excluding tert-OH is 1. The van der Waals surface area contributed by atoms with Crippen LogP contribution in [0.2, 0.25) is 0 Å². The van der Waals surface area contributed by atoms with Gasteiger partial charge in [-0.3, -0.25) is 4.90 Å². The second-order valence-corrected chi connectivity index (χ2v) is 9.15. The number of aliphatic hydroxyl groups is 1. The lowest BCUT2D eigenvalue weighted by Gasteiger charge is -2.28. The third-order valence-electron chi connectivity index (χ3n) is 5.17. The van der Waals surface area contributed by atoms with E-state index in [4.69, 9.17) is 5.26 Å². The van der Waals surface area contributed by atoms with Gasteiger partial charge in [-0.1, -0.05) is 0 Å². The Morgan fingerprint density at radius 3 is 2.75 bits per heavy atom. The first kappa shape index (κ1) is 17.4. The molecule has 24 heavy (non-hydrogen) atoms. The number of nitrogens with zero attached hydrogens (tertiary/aromatic N) is 4. The Bertz CT molecular complexity index is 753. The van der Waals surface area contributed by atoms with Crippen molar-refractivity contribution in [1.82, 2.24) is 18.5 Å². The fraction of sp³-hybridized carbons (Fsp3) is 0.667. The number of H-pyrrole nitrogens is 1. The highest BCUT2D eigenvalue weighted by molar-refractivity contribution is 7.86. The molecule has 0 bridgehead atoms. The molecule has 0 aliphatic carbocycles. The third kappa shape index (κ3) is 2.85. The van der Waals surface area contributed by atoms with E-state index < -0.39 is 15.6 Å². The highest BCUT2D eigenvalue weighted by Crippen LogP contribution is 2.43. The van der Waals surface area contributed by atoms with E-state index in [0.29, 0.717) is 31.9 Å². The van der Waals surface area contributed by atoms with Gasteiger partial charge in [-0.2, -0.15) is 22.3 Å². The number of hydrogen-bond acceptors (Lipinski definition) is 5. The second kappa shape index (κ2) is 6.13. The Balaban J connectivity index is 1.71. The van der Waals surface area contributed by atoms with E-state index in [1.165, 1.54) is 22.7 Å². The van der Waals surface area contributed by atoms with Crippen molar-refractivity contribution in [2.45, 2.75) is 6.54 Å². The Kier molecular flexibility index (Phi) is 4.44. The lowest BCUT2D eigenvalue weighted by molar-refractivity contribution is 0.119. The topological polar surface area (TPSA) is 104 Å². The first-order chi connectivity index (χ1) is 11.3. The Hall–Kier alpha value is -1.44. The van der Waals surface area contributed by atoms with Crippen molar-refractivity contribution in [3.05, 3.63) is 23.5 Å². The largest absolute Gasteiger partial charge is 0.396 e. The predicted molar refractivity (Wildman–Crippen MR) is 88.0 cm³/mol. The average molecular weight is 353 g/mol. The second-order valence-electron chi connectivity index (χ2n) is 7.00. The van der Waals surface area contributed by atoms with Crippen LogP contribution in [0.25, 0.3) is 0 Å². The molecule has 0 saturated carbocycles. The van der Waals surface area contributed by atoms with Gasteiger partial charge in [0.05, 0.1) is 6.61 Å². The van der Waals surface area contributed by atoms with E-state index in [9.17, 15) is 13.5 Å². The highest BCUT2D eigenvalue weighted by atomic mass is 32.2. The molecule has 0 aromatic carbocycles. The minimum absolute atomic E-state index is 0.0236. The van der Waals surface area contributed by atoms with Crippen LogP contribution in [-0.4, -0.2) is 78.9 Å². The minimum Gasteiger partial charge on any atom is -0.396 e. The predicted octanol–water partition coefficient (Wildman–Crippen LogP) is -0.581. The van der Waals surface area contributed by atoms with Gasteiger partial charge < -0.3 is 10.1 Å². The lowest BCUT2D eigenvalue weighted by atomic mass is 9.82. The molecule has 1 aromatic heterocycles. The quantitative estimate of drug-likeness (QED) is 0.737. The summed E-state index contributed by atoms with van der Waals surface area (Å²) in [6.45, 7) is 2.85. The van der Waals surface area contributed by atoms with E-state index in [0.717, 1.165) is 12.1 Å². The molecule has 0 spiro atoms. The summed E-state index contributed by atoms with van der Waals surface area (Å²) in [5, 5.41) is 18.8. The summed E-state index contributed by atoms with van der Waals surface area (Å²) in [5.74, 6) is 0.117. The van der Waals surface area contributed by atoms with Gasteiger partial charge in [0.1, 0.15) is 11.8 Å². The normalized spacial score (nSPS) is 28.4. The Morgan fingerprint density at radius 2 is 2.21 bits per heavy atom. The molecule has 9 heteroatoms. The van der Waals surface area contributed by atoms with Gasteiger partial charge in [0, 0.05) is 58.4 Å². The van der Waals surface area contributed by atoms with Gasteiger partial charge in [0.25, 0.3) is 10.2 Å². The summed E-state index contributed by atoms with van der Waals surface area (Å²) in [4.78, 5) is 5.14. The molecule has 2 aliphatic rings. The van der Waals surface area contributed by atoms with Crippen LogP contribution in [0.5, 0.6) is 0 Å². The molecular formula is C15H23N5O3S. The van der Waals surface area contributed by atoms with E-state index in [1.54, 1.807) is 0 Å². The van der Waals surface area contributed by atoms with Crippen LogP contribution in [-0.2, 0) is 16.8 Å². The van der Waals surface area contributed by atoms with Gasteiger partial charge in [0.15, 0.2) is 0 Å². The summed E-state index contributed by atoms with van der Waals surface area (Å²) < 4.78 is 27.4. The molecule has 3 heterocycles. The fourth-order valence-electron chi connectivity index (χ4n) is 3.85. The van der Waals surface area contributed by atoms with E-state index >= 15 is 0 Å². The maximum Gasteiger partial charge on any atom is 0.281 e. The first-order valence-electron chi connectivity index (χ1n) is 7.89. The number of nitriles is 1. The van der Waals surface area contributed by atoms with Crippen LogP contribution >= 0.6 is 0 Å². The van der Waals surface area contributed by atoms with Crippen LogP contribution in [0.15, 0.2) is 12.3 Å². The van der Waals surface area contributed by atoms with Crippen LogP contribution in [0.1, 0.15) is 11.3 Å². The summed E-state index contributed by atoms with van der Waals surface area (Å²) in [5.41, 5.74) is 1.15. The summed E-state index contributed by atoms with van der Waals surface area (Å²) in [6.07, 6.45) is 1.82. The molecule has 2 aliphatic heterocycles. The van der Waals surface area contributed by atoms with E-state index in [1.807, 2.05) is 12.3 Å². The molecule has 0 radical (unpaired) electrons. The van der Waals surface area contributed by atoms with Crippen molar-refractivity contribution in [3.63, 3.8) is 0 Å². The van der Waals surface area contributed by atoms with E-state index in [2.05, 4.69) is 16.0 Å². The molecule has 3 rings (SSSR count). The number of nitrogens with one attached hydrogen (secondary N) is 1. The molecule has 0 unspecified atom stereocenters. The van der Waals surface area contributed by atoms with E-state index in [-0.39, 0.29) is 12.5 Å². The summed E-state index contributed by atoms with van der Waals surface area (Å²) in [7, 11) is -0.392. The maximum atomic E-state index is 12.4. The van der Waals surface area contributed by atoms with Gasteiger partial charge in [-0.05, 0) is 17.5 Å². The average Bonchev–Trinajstić information content (AvgIpc) is 3.19. The zero-order chi connectivity index (χ0) is 17.5. The van der Waals surface area contributed by atoms with Crippen molar-refractivity contribution < 1.29 is 13.5 Å². The molecule has 2 atom stereocenters. The van der Waals surface area contributed by atoms with Crippen LogP contribution < -0.4 is 0 Å². The van der Waals surface area contributed by atoms with Gasteiger partial charge in [-0.15, -0.1) is 0 Å². The molecule has 1 aromatic rings. The number of rotatable bonds is 5. The van der Waals surface area contributed by atoms with Crippen molar-refractivity contribution >= 4 is 10.2 Å². The smallest absolute Gasteiger partial charge is 0.281 e. The Labute approximate surface area is 142 Å². The zero-order valence-electron chi connectivity index (χ0n) is 13.9. The monoisotopic (exact) mass is 353 g/mol. The molecule has 8 nitrogen and oxygen atoms in total. The first-order valence-corrected chi connectivity index (χ1v) is 9.28. The highest BCUT2D eigenvalue weighted by Gasteiger charge is 2.54. The lowest BCUT2D eigenvalue weighted by Crippen LogP contribution is -2.42. The Morgan fingerprint density at radius 1 is 1.46 bits per heavy atom. The molecule has 2 N–H and O–H groups in total. The molecule has 2 fully saturated rings. The van der Waals surface area contributed by atoms with Gasteiger partial charge in [0.2, 0.25) is 0 Å². The summed E-state index contributed by atoms with van der Waals surface area (Å²) >= 11 is 0. The molecular weight excluding hydrogens is 330 g/mol. The third-order valence-corrected chi connectivity index (χ3v) is 7.02. The fourth-order valence-corrected chi connectivity index (χ4v) is 5.10. The SMILES string of the molecule is CN(C)S(=O)(=O)N1C[C@@H]2CN(Cc3c[nH]c(C#N)c3)C[C@]2(CO)C1. The van der Waals surface area contributed by atoms with Crippen molar-refractivity contribution in [3.8, 4) is 6.07 Å². The molecule has 2 saturated heterocycles. The van der Waals surface area contributed by atoms with Crippen molar-refractivity contribution in [1.29, 1.82) is 5.26 Å². The van der Waals surface area contributed by atoms with Crippen LogP contribution in [0, 0.1) is 22.7 Å². The van der Waals surface area contributed by atoms with Crippen molar-refractivity contribution in [2.75, 3.05) is 46.9 Å².